The van der Waals surface area contributed by atoms with Gasteiger partial charge in [-0.25, -0.2) is 0 Å². The first-order valence-electron chi connectivity index (χ1n) is 9.06. The van der Waals surface area contributed by atoms with Crippen LogP contribution in [0.15, 0.2) is 0 Å². The van der Waals surface area contributed by atoms with Gasteiger partial charge in [0.15, 0.2) is 0 Å². The average molecular weight is 294 g/mol. The molecule has 4 nitrogen and oxygen atoms in total. The number of nitrogens with zero attached hydrogens (tertiary/aromatic N) is 1. The molecule has 3 heterocycles. The number of morpholine rings is 1. The van der Waals surface area contributed by atoms with E-state index in [9.17, 15) is 0 Å². The lowest BCUT2D eigenvalue weighted by atomic mass is 9.89. The van der Waals surface area contributed by atoms with Gasteiger partial charge in [-0.05, 0) is 45.1 Å². The van der Waals surface area contributed by atoms with E-state index >= 15 is 0 Å². The van der Waals surface area contributed by atoms with Crippen molar-refractivity contribution in [1.82, 2.24) is 10.2 Å². The quantitative estimate of drug-likeness (QED) is 0.862. The van der Waals surface area contributed by atoms with Crippen molar-refractivity contribution in [3.05, 3.63) is 0 Å². The van der Waals surface area contributed by atoms with Crippen LogP contribution in [0.3, 0.4) is 0 Å². The fourth-order valence-electron chi connectivity index (χ4n) is 4.88. The summed E-state index contributed by atoms with van der Waals surface area (Å²) in [5.41, 5.74) is 0.226. The molecule has 0 aromatic rings. The third kappa shape index (κ3) is 3.14. The van der Waals surface area contributed by atoms with Crippen LogP contribution in [0, 0.1) is 0 Å². The zero-order chi connectivity index (χ0) is 14.1. The molecule has 4 aliphatic rings. The van der Waals surface area contributed by atoms with Crippen LogP contribution in [0.4, 0.5) is 0 Å². The van der Waals surface area contributed by atoms with Gasteiger partial charge in [0.2, 0.25) is 0 Å². The van der Waals surface area contributed by atoms with Crippen LogP contribution in [-0.4, -0.2) is 61.5 Å². The third-order valence-corrected chi connectivity index (χ3v) is 6.10. The summed E-state index contributed by atoms with van der Waals surface area (Å²) < 4.78 is 12.2. The summed E-state index contributed by atoms with van der Waals surface area (Å²) in [6.07, 6.45) is 10.7. The molecule has 3 saturated heterocycles. The lowest BCUT2D eigenvalue weighted by Crippen LogP contribution is -2.52. The van der Waals surface area contributed by atoms with Crippen molar-refractivity contribution in [2.45, 2.75) is 75.2 Å². The second kappa shape index (κ2) is 6.15. The largest absolute Gasteiger partial charge is 0.375 e. The van der Waals surface area contributed by atoms with Gasteiger partial charge in [0.25, 0.3) is 0 Å². The van der Waals surface area contributed by atoms with E-state index in [4.69, 9.17) is 9.47 Å². The molecule has 0 aromatic heterocycles. The Morgan fingerprint density at radius 1 is 1.14 bits per heavy atom. The Kier molecular flexibility index (Phi) is 4.23. The molecule has 4 rings (SSSR count). The predicted octanol–water partition coefficient (Wildman–Crippen LogP) is 1.93. The number of rotatable bonds is 3. The maximum atomic E-state index is 6.13. The van der Waals surface area contributed by atoms with Crippen molar-refractivity contribution in [3.8, 4) is 0 Å². The van der Waals surface area contributed by atoms with E-state index < -0.39 is 0 Å². The molecular formula is C17H30N2O2. The van der Waals surface area contributed by atoms with E-state index in [1.54, 1.807) is 0 Å². The first-order chi connectivity index (χ1) is 10.3. The Bertz CT molecular complexity index is 357. The van der Waals surface area contributed by atoms with E-state index in [0.717, 1.165) is 26.3 Å². The Balaban J connectivity index is 1.25. The molecular weight excluding hydrogens is 264 g/mol. The summed E-state index contributed by atoms with van der Waals surface area (Å²) in [4.78, 5) is 2.64. The molecule has 4 fully saturated rings. The van der Waals surface area contributed by atoms with Gasteiger partial charge in [-0.3, -0.25) is 4.90 Å². The molecule has 1 spiro atoms. The van der Waals surface area contributed by atoms with Gasteiger partial charge in [-0.1, -0.05) is 12.8 Å². The maximum Gasteiger partial charge on any atom is 0.0827 e. The summed E-state index contributed by atoms with van der Waals surface area (Å²) >= 11 is 0. The molecule has 0 radical (unpaired) electrons. The minimum atomic E-state index is 0.226. The van der Waals surface area contributed by atoms with Gasteiger partial charge >= 0.3 is 0 Å². The van der Waals surface area contributed by atoms with E-state index in [-0.39, 0.29) is 5.60 Å². The van der Waals surface area contributed by atoms with Crippen LogP contribution < -0.4 is 5.32 Å². The van der Waals surface area contributed by atoms with Crippen molar-refractivity contribution in [2.75, 3.05) is 32.8 Å². The molecule has 21 heavy (non-hydrogen) atoms. The second-order valence-corrected chi connectivity index (χ2v) is 7.58. The van der Waals surface area contributed by atoms with Crippen molar-refractivity contribution in [3.63, 3.8) is 0 Å². The van der Waals surface area contributed by atoms with Gasteiger partial charge < -0.3 is 14.8 Å². The van der Waals surface area contributed by atoms with Crippen LogP contribution in [0.5, 0.6) is 0 Å². The van der Waals surface area contributed by atoms with Crippen LogP contribution in [0.1, 0.15) is 51.4 Å². The number of ether oxygens (including phenoxy) is 2. The highest BCUT2D eigenvalue weighted by molar-refractivity contribution is 4.94. The van der Waals surface area contributed by atoms with Crippen molar-refractivity contribution in [1.29, 1.82) is 0 Å². The third-order valence-electron chi connectivity index (χ3n) is 6.10. The van der Waals surface area contributed by atoms with E-state index in [0.29, 0.717) is 18.2 Å². The normalized spacial score (nSPS) is 39.7. The smallest absolute Gasteiger partial charge is 0.0827 e. The maximum absolute atomic E-state index is 6.13. The highest BCUT2D eigenvalue weighted by Gasteiger charge is 2.40. The fraction of sp³-hybridized carbons (Fsp3) is 1.00. The fourth-order valence-corrected chi connectivity index (χ4v) is 4.88. The predicted molar refractivity (Wildman–Crippen MR) is 82.5 cm³/mol. The van der Waals surface area contributed by atoms with Crippen LogP contribution in [0.25, 0.3) is 0 Å². The van der Waals surface area contributed by atoms with Gasteiger partial charge in [0.05, 0.1) is 18.3 Å². The average Bonchev–Trinajstić information content (AvgIpc) is 3.14. The molecule has 1 saturated carbocycles. The molecule has 120 valence electrons. The van der Waals surface area contributed by atoms with Gasteiger partial charge in [0, 0.05) is 31.8 Å². The minimum absolute atomic E-state index is 0.226. The summed E-state index contributed by atoms with van der Waals surface area (Å²) in [5.74, 6) is 0. The highest BCUT2D eigenvalue weighted by atomic mass is 16.5. The first kappa shape index (κ1) is 14.4. The summed E-state index contributed by atoms with van der Waals surface area (Å²) in [6.45, 7) is 5.32. The Morgan fingerprint density at radius 3 is 2.95 bits per heavy atom. The van der Waals surface area contributed by atoms with Gasteiger partial charge in [-0.15, -0.1) is 0 Å². The second-order valence-electron chi connectivity index (χ2n) is 7.58. The lowest BCUT2D eigenvalue weighted by Gasteiger charge is -2.40. The number of hydrogen-bond donors (Lipinski definition) is 1. The van der Waals surface area contributed by atoms with Crippen LogP contribution in [-0.2, 0) is 9.47 Å². The molecule has 4 heteroatoms. The van der Waals surface area contributed by atoms with Crippen LogP contribution >= 0.6 is 0 Å². The molecule has 3 aliphatic heterocycles. The monoisotopic (exact) mass is 294 g/mol. The Hall–Kier alpha value is -0.160. The number of nitrogens with one attached hydrogen (secondary N) is 1. The molecule has 0 aromatic carbocycles. The zero-order valence-electron chi connectivity index (χ0n) is 13.2. The first-order valence-corrected chi connectivity index (χ1v) is 9.06. The lowest BCUT2D eigenvalue weighted by molar-refractivity contribution is -0.0879. The van der Waals surface area contributed by atoms with Gasteiger partial charge in [-0.2, -0.15) is 0 Å². The van der Waals surface area contributed by atoms with E-state index in [1.165, 1.54) is 57.9 Å². The Morgan fingerprint density at radius 2 is 2.05 bits per heavy atom. The zero-order valence-corrected chi connectivity index (χ0v) is 13.2. The van der Waals surface area contributed by atoms with Crippen molar-refractivity contribution >= 4 is 0 Å². The standard InChI is InChI=1S/C17H30N2O2/c1-2-7-17(6-1)10-14(5-9-21-17)18-11-16-12-19-8-3-4-15(19)13-20-16/h14-16,18H,1-13H2. The van der Waals surface area contributed by atoms with E-state index in [1.807, 2.05) is 0 Å². The minimum Gasteiger partial charge on any atom is -0.375 e. The van der Waals surface area contributed by atoms with Crippen molar-refractivity contribution < 1.29 is 9.47 Å². The SMILES string of the molecule is C1CC2COC(CNC3CCOC4(CCCC4)C3)CN2C1. The topological polar surface area (TPSA) is 33.7 Å². The summed E-state index contributed by atoms with van der Waals surface area (Å²) in [7, 11) is 0. The van der Waals surface area contributed by atoms with Crippen LogP contribution in [0.2, 0.25) is 0 Å². The summed E-state index contributed by atoms with van der Waals surface area (Å²) in [5, 5.41) is 3.79. The van der Waals surface area contributed by atoms with E-state index in [2.05, 4.69) is 10.2 Å². The molecule has 1 aliphatic carbocycles. The number of fused-ring (bicyclic) bond motifs is 1. The molecule has 3 atom stereocenters. The van der Waals surface area contributed by atoms with Crippen molar-refractivity contribution in [2.24, 2.45) is 0 Å². The molecule has 1 N–H and O–H groups in total. The molecule has 0 bridgehead atoms. The number of hydrogen-bond acceptors (Lipinski definition) is 4. The Labute approximate surface area is 128 Å². The van der Waals surface area contributed by atoms with Gasteiger partial charge in [0.1, 0.15) is 0 Å². The molecule has 3 unspecified atom stereocenters. The highest BCUT2D eigenvalue weighted by Crippen LogP contribution is 2.40. The summed E-state index contributed by atoms with van der Waals surface area (Å²) in [6, 6.07) is 1.35. The molecule has 0 amide bonds.